The molecule has 0 bridgehead atoms. The number of nitrogens with one attached hydrogen (secondary N) is 1. The second-order valence-corrected chi connectivity index (χ2v) is 4.12. The lowest BCUT2D eigenvalue weighted by Crippen LogP contribution is -2.30. The summed E-state index contributed by atoms with van der Waals surface area (Å²) in [4.78, 5) is 23.0. The van der Waals surface area contributed by atoms with Crippen LogP contribution in [0.3, 0.4) is 0 Å². The number of likely N-dealkylation sites (N-methyl/N-ethyl adjacent to an activating group) is 1. The van der Waals surface area contributed by atoms with E-state index in [-0.39, 0.29) is 0 Å². The first-order valence-corrected chi connectivity index (χ1v) is 6.02. The van der Waals surface area contributed by atoms with E-state index in [0.29, 0.717) is 18.0 Å². The maximum atomic E-state index is 11.7. The lowest BCUT2D eigenvalue weighted by atomic mass is 9.97. The molecule has 0 aliphatic heterocycles. The molecule has 3 nitrogen and oxygen atoms in total. The number of amides is 1. The predicted octanol–water partition coefficient (Wildman–Crippen LogP) is 2.52. The zero-order valence-electron chi connectivity index (χ0n) is 10.6. The van der Waals surface area contributed by atoms with Crippen molar-refractivity contribution in [1.82, 2.24) is 5.32 Å². The Morgan fingerprint density at radius 2 is 1.76 bits per heavy atom. The predicted molar refractivity (Wildman–Crippen MR) is 68.2 cm³/mol. The number of carbonyl (C=O) groups excluding carboxylic acids is 2. The van der Waals surface area contributed by atoms with Gasteiger partial charge in [-0.05, 0) is 24.8 Å². The van der Waals surface area contributed by atoms with Crippen LogP contribution in [-0.4, -0.2) is 18.2 Å². The van der Waals surface area contributed by atoms with Crippen molar-refractivity contribution >= 4 is 11.7 Å². The molecule has 0 aromatic heterocycles. The number of hydrogen-bond donors (Lipinski definition) is 1. The van der Waals surface area contributed by atoms with Gasteiger partial charge >= 0.3 is 0 Å². The van der Waals surface area contributed by atoms with Crippen molar-refractivity contribution in [3.63, 3.8) is 0 Å². The van der Waals surface area contributed by atoms with Crippen LogP contribution in [0.25, 0.3) is 0 Å². The van der Waals surface area contributed by atoms with Crippen LogP contribution in [0.15, 0.2) is 24.3 Å². The molecular formula is C14H19NO2. The Morgan fingerprint density at radius 1 is 1.18 bits per heavy atom. The Morgan fingerprint density at radius 3 is 2.24 bits per heavy atom. The average Bonchev–Trinajstić information content (AvgIpc) is 2.37. The molecule has 0 fully saturated rings. The smallest absolute Gasteiger partial charge is 0.292 e. The Balaban J connectivity index is 2.80. The fraction of sp³-hybridized carbons (Fsp3) is 0.429. The third-order valence-corrected chi connectivity index (χ3v) is 2.90. The monoisotopic (exact) mass is 233 g/mol. The minimum absolute atomic E-state index is 0.447. The van der Waals surface area contributed by atoms with Gasteiger partial charge in [0.25, 0.3) is 5.91 Å². The molecule has 1 aromatic rings. The summed E-state index contributed by atoms with van der Waals surface area (Å²) in [6.07, 6.45) is 1.06. The Bertz CT molecular complexity index is 395. The standard InChI is InChI=1S/C14H19NO2/c1-4-10(3)11-6-8-12(9-7-11)13(16)14(17)15-5-2/h6-10H,4-5H2,1-3H3,(H,15,17). The number of benzene rings is 1. The Hall–Kier alpha value is -1.64. The van der Waals surface area contributed by atoms with Gasteiger partial charge in [0.1, 0.15) is 0 Å². The van der Waals surface area contributed by atoms with Crippen molar-refractivity contribution in [2.24, 2.45) is 0 Å². The van der Waals surface area contributed by atoms with Crippen LogP contribution in [0, 0.1) is 0 Å². The van der Waals surface area contributed by atoms with E-state index in [0.717, 1.165) is 6.42 Å². The lowest BCUT2D eigenvalue weighted by Gasteiger charge is -2.09. The van der Waals surface area contributed by atoms with Gasteiger partial charge in [0.15, 0.2) is 0 Å². The Labute approximate surface area is 102 Å². The van der Waals surface area contributed by atoms with Crippen LogP contribution in [0.1, 0.15) is 49.0 Å². The quantitative estimate of drug-likeness (QED) is 0.627. The third kappa shape index (κ3) is 3.41. The number of rotatable bonds is 5. The number of hydrogen-bond acceptors (Lipinski definition) is 2. The number of carbonyl (C=O) groups is 2. The summed E-state index contributed by atoms with van der Waals surface area (Å²) in [5, 5.41) is 2.50. The normalized spacial score (nSPS) is 11.9. The van der Waals surface area contributed by atoms with Crippen molar-refractivity contribution in [3.8, 4) is 0 Å². The van der Waals surface area contributed by atoms with Gasteiger partial charge in [0.2, 0.25) is 5.78 Å². The van der Waals surface area contributed by atoms with Crippen LogP contribution in [0.2, 0.25) is 0 Å². The average molecular weight is 233 g/mol. The molecule has 0 aliphatic carbocycles. The first kappa shape index (κ1) is 13.4. The first-order valence-electron chi connectivity index (χ1n) is 6.02. The lowest BCUT2D eigenvalue weighted by molar-refractivity contribution is -0.116. The summed E-state index contributed by atoms with van der Waals surface area (Å²) in [5.74, 6) is -0.532. The van der Waals surface area contributed by atoms with Crippen LogP contribution in [-0.2, 0) is 4.79 Å². The molecule has 0 heterocycles. The summed E-state index contributed by atoms with van der Waals surface area (Å²) in [6, 6.07) is 7.28. The molecule has 1 amide bonds. The highest BCUT2D eigenvalue weighted by molar-refractivity contribution is 6.42. The molecule has 17 heavy (non-hydrogen) atoms. The molecule has 0 saturated heterocycles. The van der Waals surface area contributed by atoms with Crippen LogP contribution in [0.5, 0.6) is 0 Å². The molecule has 92 valence electrons. The summed E-state index contributed by atoms with van der Waals surface area (Å²) < 4.78 is 0. The zero-order valence-corrected chi connectivity index (χ0v) is 10.6. The molecule has 0 radical (unpaired) electrons. The molecule has 3 heteroatoms. The van der Waals surface area contributed by atoms with E-state index in [1.807, 2.05) is 12.1 Å². The molecule has 0 aliphatic rings. The SMILES string of the molecule is CCNC(=O)C(=O)c1ccc(C(C)CC)cc1. The van der Waals surface area contributed by atoms with Gasteiger partial charge in [-0.1, -0.05) is 38.1 Å². The van der Waals surface area contributed by atoms with Gasteiger partial charge < -0.3 is 5.32 Å². The minimum Gasteiger partial charge on any atom is -0.349 e. The van der Waals surface area contributed by atoms with Gasteiger partial charge in [0.05, 0.1) is 0 Å². The number of Topliss-reactive ketones (excluding diaryl/α,β-unsaturated/α-hetero) is 1. The molecule has 1 N–H and O–H groups in total. The van der Waals surface area contributed by atoms with E-state index in [1.54, 1.807) is 19.1 Å². The Kier molecular flexibility index (Phi) is 4.88. The fourth-order valence-electron chi connectivity index (χ4n) is 1.57. The van der Waals surface area contributed by atoms with E-state index >= 15 is 0 Å². The summed E-state index contributed by atoms with van der Waals surface area (Å²) in [6.45, 7) is 6.52. The summed E-state index contributed by atoms with van der Waals surface area (Å²) in [7, 11) is 0. The van der Waals surface area contributed by atoms with Crippen LogP contribution < -0.4 is 5.32 Å². The second kappa shape index (κ2) is 6.18. The van der Waals surface area contributed by atoms with Gasteiger partial charge in [0, 0.05) is 12.1 Å². The molecule has 0 spiro atoms. The molecule has 0 saturated carbocycles. The maximum Gasteiger partial charge on any atom is 0.292 e. The molecule has 1 unspecified atom stereocenters. The zero-order chi connectivity index (χ0) is 12.8. The maximum absolute atomic E-state index is 11.7. The van der Waals surface area contributed by atoms with Crippen molar-refractivity contribution in [1.29, 1.82) is 0 Å². The van der Waals surface area contributed by atoms with Crippen molar-refractivity contribution in [2.45, 2.75) is 33.1 Å². The van der Waals surface area contributed by atoms with Gasteiger partial charge in [-0.2, -0.15) is 0 Å². The minimum atomic E-state index is -0.538. The first-order chi connectivity index (χ1) is 8.10. The topological polar surface area (TPSA) is 46.2 Å². The van der Waals surface area contributed by atoms with Crippen molar-refractivity contribution < 1.29 is 9.59 Å². The van der Waals surface area contributed by atoms with E-state index in [2.05, 4.69) is 19.2 Å². The highest BCUT2D eigenvalue weighted by Crippen LogP contribution is 2.18. The van der Waals surface area contributed by atoms with Gasteiger partial charge in [-0.15, -0.1) is 0 Å². The molecular weight excluding hydrogens is 214 g/mol. The third-order valence-electron chi connectivity index (χ3n) is 2.90. The summed E-state index contributed by atoms with van der Waals surface area (Å²) in [5.41, 5.74) is 1.64. The second-order valence-electron chi connectivity index (χ2n) is 4.12. The number of ketones is 1. The fourth-order valence-corrected chi connectivity index (χ4v) is 1.57. The summed E-state index contributed by atoms with van der Waals surface area (Å²) >= 11 is 0. The highest BCUT2D eigenvalue weighted by Gasteiger charge is 2.15. The largest absolute Gasteiger partial charge is 0.349 e. The van der Waals surface area contributed by atoms with Crippen molar-refractivity contribution in [2.75, 3.05) is 6.54 Å². The molecule has 1 rings (SSSR count). The van der Waals surface area contributed by atoms with E-state index in [4.69, 9.17) is 0 Å². The van der Waals surface area contributed by atoms with E-state index in [1.165, 1.54) is 5.56 Å². The molecule has 1 atom stereocenters. The van der Waals surface area contributed by atoms with Gasteiger partial charge in [-0.3, -0.25) is 9.59 Å². The van der Waals surface area contributed by atoms with E-state index in [9.17, 15) is 9.59 Å². The van der Waals surface area contributed by atoms with E-state index < -0.39 is 11.7 Å². The van der Waals surface area contributed by atoms with Crippen LogP contribution >= 0.6 is 0 Å². The highest BCUT2D eigenvalue weighted by atomic mass is 16.2. The van der Waals surface area contributed by atoms with Gasteiger partial charge in [-0.25, -0.2) is 0 Å². The van der Waals surface area contributed by atoms with Crippen LogP contribution in [0.4, 0.5) is 0 Å². The van der Waals surface area contributed by atoms with Crippen molar-refractivity contribution in [3.05, 3.63) is 35.4 Å². The molecule has 1 aromatic carbocycles.